The molecule has 1 saturated heterocycles. The number of nitrogens with zero attached hydrogens (tertiary/aromatic N) is 1. The monoisotopic (exact) mass is 397 g/mol. The van der Waals surface area contributed by atoms with Crippen molar-refractivity contribution in [3.63, 3.8) is 0 Å². The average Bonchev–Trinajstić information content (AvgIpc) is 2.68. The summed E-state index contributed by atoms with van der Waals surface area (Å²) >= 11 is 5.50. The second-order valence-electron chi connectivity index (χ2n) is 7.65. The lowest BCUT2D eigenvalue weighted by atomic mass is 10.1. The molecule has 0 unspecified atom stereocenters. The van der Waals surface area contributed by atoms with Crippen LogP contribution in [0.1, 0.15) is 51.6 Å². The maximum atomic E-state index is 5.74. The summed E-state index contributed by atoms with van der Waals surface area (Å²) in [6.07, 6.45) is 4.09. The van der Waals surface area contributed by atoms with Crippen LogP contribution in [-0.2, 0) is 0 Å². The van der Waals surface area contributed by atoms with Gasteiger partial charge in [0.25, 0.3) is 0 Å². The molecule has 0 aromatic heterocycles. The van der Waals surface area contributed by atoms with Crippen LogP contribution in [0.3, 0.4) is 0 Å². The van der Waals surface area contributed by atoms with Crippen LogP contribution in [0, 0.1) is 0 Å². The van der Waals surface area contributed by atoms with Gasteiger partial charge in [-0.05, 0) is 82.1 Å². The minimum atomic E-state index is 0.130. The average molecular weight is 398 g/mol. The normalized spacial score (nSPS) is 15.2. The Morgan fingerprint density at radius 3 is 2.39 bits per heavy atom. The number of hydrogen-bond donors (Lipinski definition) is 2. The highest BCUT2D eigenvalue weighted by molar-refractivity contribution is 7.80. The van der Waals surface area contributed by atoms with Crippen molar-refractivity contribution in [1.82, 2.24) is 5.32 Å². The fourth-order valence-corrected chi connectivity index (χ4v) is 3.79. The molecule has 1 aliphatic rings. The Morgan fingerprint density at radius 1 is 1.00 bits per heavy atom. The van der Waals surface area contributed by atoms with Gasteiger partial charge in [0.15, 0.2) is 5.11 Å². The van der Waals surface area contributed by atoms with Crippen LogP contribution in [0.15, 0.2) is 48.5 Å². The van der Waals surface area contributed by atoms with Crippen LogP contribution in [0.4, 0.5) is 11.4 Å². The van der Waals surface area contributed by atoms with Crippen molar-refractivity contribution < 1.29 is 4.74 Å². The van der Waals surface area contributed by atoms with Gasteiger partial charge in [-0.3, -0.25) is 0 Å². The van der Waals surface area contributed by atoms with Crippen molar-refractivity contribution in [2.75, 3.05) is 23.3 Å². The van der Waals surface area contributed by atoms with Crippen molar-refractivity contribution >= 4 is 28.7 Å². The molecule has 2 N–H and O–H groups in total. The number of benzene rings is 2. The maximum absolute atomic E-state index is 5.74. The van der Waals surface area contributed by atoms with Gasteiger partial charge in [0.2, 0.25) is 0 Å². The number of anilines is 2. The molecule has 0 amide bonds. The van der Waals surface area contributed by atoms with Crippen LogP contribution in [-0.4, -0.2) is 24.3 Å². The van der Waals surface area contributed by atoms with Gasteiger partial charge in [0, 0.05) is 30.5 Å². The fraction of sp³-hybridized carbons (Fsp3) is 0.435. The molecule has 0 radical (unpaired) electrons. The second kappa shape index (κ2) is 9.78. The molecular formula is C23H31N3OS. The summed E-state index contributed by atoms with van der Waals surface area (Å²) in [7, 11) is 0. The molecular weight excluding hydrogens is 366 g/mol. The predicted octanol–water partition coefficient (Wildman–Crippen LogP) is 5.51. The van der Waals surface area contributed by atoms with E-state index in [0.29, 0.717) is 5.11 Å². The Bertz CT molecular complexity index is 770. The van der Waals surface area contributed by atoms with Crippen LogP contribution >= 0.6 is 12.2 Å². The van der Waals surface area contributed by atoms with Gasteiger partial charge in [-0.2, -0.15) is 0 Å². The molecule has 2 aromatic carbocycles. The molecule has 4 nitrogen and oxygen atoms in total. The molecule has 0 bridgehead atoms. The second-order valence-corrected chi connectivity index (χ2v) is 8.06. The summed E-state index contributed by atoms with van der Waals surface area (Å²) < 4.78 is 5.74. The number of ether oxygens (including phenoxy) is 1. The van der Waals surface area contributed by atoms with Crippen LogP contribution in [0.25, 0.3) is 0 Å². The van der Waals surface area contributed by atoms with Crippen LogP contribution in [0.2, 0.25) is 0 Å². The van der Waals surface area contributed by atoms with Crippen molar-refractivity contribution in [2.45, 2.75) is 52.2 Å². The molecule has 2 aromatic rings. The Hall–Kier alpha value is -2.27. The zero-order valence-corrected chi connectivity index (χ0v) is 17.9. The minimum Gasteiger partial charge on any atom is -0.491 e. The van der Waals surface area contributed by atoms with Gasteiger partial charge >= 0.3 is 0 Å². The summed E-state index contributed by atoms with van der Waals surface area (Å²) in [4.78, 5) is 2.48. The highest BCUT2D eigenvalue weighted by atomic mass is 32.1. The Balaban J connectivity index is 1.55. The first-order valence-corrected chi connectivity index (χ1v) is 10.6. The van der Waals surface area contributed by atoms with Crippen molar-refractivity contribution in [3.05, 3.63) is 54.1 Å². The fourth-order valence-electron chi connectivity index (χ4n) is 3.49. The van der Waals surface area contributed by atoms with E-state index < -0.39 is 0 Å². The van der Waals surface area contributed by atoms with Crippen molar-refractivity contribution in [3.8, 4) is 5.75 Å². The van der Waals surface area contributed by atoms with E-state index in [-0.39, 0.29) is 12.1 Å². The number of nitrogens with one attached hydrogen (secondary N) is 2. The quantitative estimate of drug-likeness (QED) is 0.629. The Morgan fingerprint density at radius 2 is 1.71 bits per heavy atom. The van der Waals surface area contributed by atoms with Crippen LogP contribution in [0.5, 0.6) is 5.75 Å². The van der Waals surface area contributed by atoms with E-state index in [1.807, 2.05) is 38.1 Å². The largest absolute Gasteiger partial charge is 0.491 e. The van der Waals surface area contributed by atoms with Gasteiger partial charge in [-0.15, -0.1) is 0 Å². The third kappa shape index (κ3) is 5.86. The molecule has 1 heterocycles. The number of piperidine rings is 1. The third-order valence-electron chi connectivity index (χ3n) is 4.93. The number of thiocarbonyl (C=S) groups is 1. The minimum absolute atomic E-state index is 0.130. The molecule has 0 aliphatic carbocycles. The molecule has 5 heteroatoms. The first-order chi connectivity index (χ1) is 13.5. The van der Waals surface area contributed by atoms with E-state index in [4.69, 9.17) is 17.0 Å². The van der Waals surface area contributed by atoms with E-state index in [0.717, 1.165) is 11.4 Å². The molecule has 28 heavy (non-hydrogen) atoms. The SMILES string of the molecule is CC(C)Oc1cccc(NC(=S)N[C@@H](C)c2ccc(N3CCCCC3)cc2)c1. The smallest absolute Gasteiger partial charge is 0.171 e. The zero-order valence-electron chi connectivity index (χ0n) is 17.1. The predicted molar refractivity (Wildman–Crippen MR) is 122 cm³/mol. The van der Waals surface area contributed by atoms with Crippen LogP contribution < -0.4 is 20.3 Å². The van der Waals surface area contributed by atoms with E-state index in [1.54, 1.807) is 0 Å². The number of rotatable bonds is 6. The molecule has 1 atom stereocenters. The molecule has 3 rings (SSSR count). The lowest BCUT2D eigenvalue weighted by Crippen LogP contribution is -2.31. The van der Waals surface area contributed by atoms with Crippen molar-refractivity contribution in [1.29, 1.82) is 0 Å². The summed E-state index contributed by atoms with van der Waals surface area (Å²) in [5.74, 6) is 0.837. The standard InChI is InChI=1S/C23H31N3OS/c1-17(2)27-22-9-7-8-20(16-22)25-23(28)24-18(3)19-10-12-21(13-11-19)26-14-5-4-6-15-26/h7-13,16-18H,4-6,14-15H2,1-3H3,(H2,24,25,28)/t18-/m0/s1. The summed E-state index contributed by atoms with van der Waals surface area (Å²) in [6.45, 7) is 8.50. The first-order valence-electron chi connectivity index (χ1n) is 10.2. The lowest BCUT2D eigenvalue weighted by Gasteiger charge is -2.29. The summed E-state index contributed by atoms with van der Waals surface area (Å²) in [5.41, 5.74) is 3.46. The Kier molecular flexibility index (Phi) is 7.15. The topological polar surface area (TPSA) is 36.5 Å². The lowest BCUT2D eigenvalue weighted by molar-refractivity contribution is 0.242. The molecule has 1 aliphatic heterocycles. The molecule has 0 spiro atoms. The highest BCUT2D eigenvalue weighted by Crippen LogP contribution is 2.23. The Labute approximate surface area is 174 Å². The third-order valence-corrected chi connectivity index (χ3v) is 5.15. The van der Waals surface area contributed by atoms with Gasteiger partial charge in [0.05, 0.1) is 12.1 Å². The van der Waals surface area contributed by atoms with E-state index in [2.05, 4.69) is 46.7 Å². The van der Waals surface area contributed by atoms with Gasteiger partial charge in [-0.25, -0.2) is 0 Å². The van der Waals surface area contributed by atoms with E-state index in [1.165, 1.54) is 43.6 Å². The highest BCUT2D eigenvalue weighted by Gasteiger charge is 2.12. The number of hydrogen-bond acceptors (Lipinski definition) is 3. The van der Waals surface area contributed by atoms with E-state index >= 15 is 0 Å². The molecule has 1 fully saturated rings. The molecule has 150 valence electrons. The summed E-state index contributed by atoms with van der Waals surface area (Å²) in [5, 5.41) is 7.23. The van der Waals surface area contributed by atoms with Gasteiger partial charge in [0.1, 0.15) is 5.75 Å². The maximum Gasteiger partial charge on any atom is 0.171 e. The molecule has 0 saturated carbocycles. The van der Waals surface area contributed by atoms with Gasteiger partial charge in [-0.1, -0.05) is 18.2 Å². The first kappa shape index (κ1) is 20.5. The van der Waals surface area contributed by atoms with Gasteiger partial charge < -0.3 is 20.3 Å². The summed E-state index contributed by atoms with van der Waals surface area (Å²) in [6, 6.07) is 16.8. The van der Waals surface area contributed by atoms with E-state index in [9.17, 15) is 0 Å². The zero-order chi connectivity index (χ0) is 19.9. The van der Waals surface area contributed by atoms with Crippen molar-refractivity contribution in [2.24, 2.45) is 0 Å².